The first-order valence-electron chi connectivity index (χ1n) is 5.11. The van der Waals surface area contributed by atoms with Crippen molar-refractivity contribution in [1.82, 2.24) is 0 Å². The molecule has 0 aliphatic carbocycles. The molecule has 88 valence electrons. The molecule has 0 fully saturated rings. The highest BCUT2D eigenvalue weighted by atomic mass is 127. The zero-order valence-corrected chi connectivity index (χ0v) is 11.1. The van der Waals surface area contributed by atoms with Gasteiger partial charge in [0.25, 0.3) is 0 Å². The van der Waals surface area contributed by atoms with E-state index in [-0.39, 0.29) is 5.75 Å². The molecule has 2 nitrogen and oxygen atoms in total. The Hall–Kier alpha value is -1.14. The molecule has 0 aromatic heterocycles. The molecule has 0 unspecified atom stereocenters. The molecule has 2 rings (SSSR count). The van der Waals surface area contributed by atoms with E-state index in [1.807, 2.05) is 12.1 Å². The van der Waals surface area contributed by atoms with Crippen molar-refractivity contribution >= 4 is 22.6 Å². The van der Waals surface area contributed by atoms with Gasteiger partial charge in [-0.25, -0.2) is 4.39 Å². The second kappa shape index (κ2) is 5.46. The lowest BCUT2D eigenvalue weighted by atomic mass is 10.2. The van der Waals surface area contributed by atoms with Crippen molar-refractivity contribution in [3.05, 3.63) is 57.4 Å². The maximum atomic E-state index is 13.6. The van der Waals surface area contributed by atoms with Crippen molar-refractivity contribution < 1.29 is 9.13 Å². The molecule has 4 heteroatoms. The zero-order valence-electron chi connectivity index (χ0n) is 8.99. The third kappa shape index (κ3) is 3.17. The Morgan fingerprint density at radius 1 is 1.12 bits per heavy atom. The van der Waals surface area contributed by atoms with Gasteiger partial charge in [0.05, 0.1) is 0 Å². The summed E-state index contributed by atoms with van der Waals surface area (Å²) >= 11 is 2.20. The molecule has 2 aromatic carbocycles. The van der Waals surface area contributed by atoms with E-state index < -0.39 is 5.82 Å². The van der Waals surface area contributed by atoms with Gasteiger partial charge in [0.15, 0.2) is 11.6 Å². The molecule has 0 radical (unpaired) electrons. The highest BCUT2D eigenvalue weighted by Gasteiger charge is 2.05. The number of rotatable bonds is 3. The lowest BCUT2D eigenvalue weighted by Gasteiger charge is -2.07. The highest BCUT2D eigenvalue weighted by molar-refractivity contribution is 14.1. The Kier molecular flexibility index (Phi) is 3.96. The Bertz CT molecular complexity index is 513. The van der Waals surface area contributed by atoms with Gasteiger partial charge in [-0.1, -0.05) is 6.07 Å². The molecule has 2 aromatic rings. The molecule has 2 N–H and O–H groups in total. The predicted octanol–water partition coefficient (Wildman–Crippen LogP) is 3.68. The van der Waals surface area contributed by atoms with Gasteiger partial charge in [0.2, 0.25) is 0 Å². The van der Waals surface area contributed by atoms with Crippen LogP contribution < -0.4 is 10.5 Å². The fourth-order valence-corrected chi connectivity index (χ4v) is 1.74. The van der Waals surface area contributed by atoms with Crippen LogP contribution in [0.25, 0.3) is 0 Å². The number of hydrogen-bond acceptors (Lipinski definition) is 2. The number of ether oxygens (including phenoxy) is 1. The van der Waals surface area contributed by atoms with Crippen LogP contribution in [0, 0.1) is 9.39 Å². The van der Waals surface area contributed by atoms with Gasteiger partial charge in [0.1, 0.15) is 5.75 Å². The second-order valence-corrected chi connectivity index (χ2v) is 4.77. The fraction of sp³-hybridized carbons (Fsp3) is 0.0769. The minimum atomic E-state index is -0.397. The standard InChI is InChI=1S/C13H11FINO/c14-12-7-9(8-16)1-6-13(12)17-11-4-2-10(15)3-5-11/h1-7H,8,16H2. The van der Waals surface area contributed by atoms with E-state index in [0.29, 0.717) is 12.3 Å². The van der Waals surface area contributed by atoms with Gasteiger partial charge in [-0.05, 0) is 64.6 Å². The summed E-state index contributed by atoms with van der Waals surface area (Å²) in [5.74, 6) is 0.430. The summed E-state index contributed by atoms with van der Waals surface area (Å²) in [4.78, 5) is 0. The molecular formula is C13H11FINO. The van der Waals surface area contributed by atoms with E-state index >= 15 is 0 Å². The van der Waals surface area contributed by atoms with Crippen LogP contribution in [0.3, 0.4) is 0 Å². The van der Waals surface area contributed by atoms with Gasteiger partial charge in [-0.15, -0.1) is 0 Å². The Balaban J connectivity index is 2.21. The van der Waals surface area contributed by atoms with Gasteiger partial charge < -0.3 is 10.5 Å². The third-order valence-corrected chi connectivity index (χ3v) is 2.99. The maximum absolute atomic E-state index is 13.6. The summed E-state index contributed by atoms with van der Waals surface area (Å²) in [6.45, 7) is 0.320. The van der Waals surface area contributed by atoms with Crippen molar-refractivity contribution in [1.29, 1.82) is 0 Å². The molecule has 0 bridgehead atoms. The maximum Gasteiger partial charge on any atom is 0.166 e. The lowest BCUT2D eigenvalue weighted by Crippen LogP contribution is -1.97. The van der Waals surface area contributed by atoms with Crippen molar-refractivity contribution in [3.63, 3.8) is 0 Å². The minimum Gasteiger partial charge on any atom is -0.454 e. The van der Waals surface area contributed by atoms with Crippen LogP contribution in [0.15, 0.2) is 42.5 Å². The van der Waals surface area contributed by atoms with Crippen LogP contribution in [0.1, 0.15) is 5.56 Å². The van der Waals surface area contributed by atoms with E-state index in [2.05, 4.69) is 22.6 Å². The first-order chi connectivity index (χ1) is 8.19. The number of nitrogens with two attached hydrogens (primary N) is 1. The smallest absolute Gasteiger partial charge is 0.166 e. The summed E-state index contributed by atoms with van der Waals surface area (Å²) in [7, 11) is 0. The SMILES string of the molecule is NCc1ccc(Oc2ccc(I)cc2)c(F)c1. The quantitative estimate of drug-likeness (QED) is 0.863. The van der Waals surface area contributed by atoms with Gasteiger partial charge in [0, 0.05) is 10.1 Å². The highest BCUT2D eigenvalue weighted by Crippen LogP contribution is 2.25. The Labute approximate surface area is 113 Å². The zero-order chi connectivity index (χ0) is 12.3. The number of hydrogen-bond donors (Lipinski definition) is 1. The van der Waals surface area contributed by atoms with E-state index in [1.54, 1.807) is 24.3 Å². The van der Waals surface area contributed by atoms with Crippen LogP contribution in [0.4, 0.5) is 4.39 Å². The topological polar surface area (TPSA) is 35.2 Å². The molecule has 0 saturated carbocycles. The fourth-order valence-electron chi connectivity index (χ4n) is 1.38. The first-order valence-corrected chi connectivity index (χ1v) is 6.19. The molecule has 0 spiro atoms. The molecular weight excluding hydrogens is 332 g/mol. The Morgan fingerprint density at radius 3 is 2.41 bits per heavy atom. The average Bonchev–Trinajstić information content (AvgIpc) is 2.34. The van der Waals surface area contributed by atoms with Crippen molar-refractivity contribution in [2.45, 2.75) is 6.54 Å². The molecule has 0 heterocycles. The van der Waals surface area contributed by atoms with Crippen molar-refractivity contribution in [3.8, 4) is 11.5 Å². The van der Waals surface area contributed by atoms with Gasteiger partial charge in [-0.3, -0.25) is 0 Å². The normalized spacial score (nSPS) is 10.3. The van der Waals surface area contributed by atoms with Crippen LogP contribution >= 0.6 is 22.6 Å². The number of benzene rings is 2. The van der Waals surface area contributed by atoms with Crippen molar-refractivity contribution in [2.24, 2.45) is 5.73 Å². The third-order valence-electron chi connectivity index (χ3n) is 2.27. The molecule has 0 atom stereocenters. The minimum absolute atomic E-state index is 0.211. The van der Waals surface area contributed by atoms with Gasteiger partial charge in [-0.2, -0.15) is 0 Å². The molecule has 0 aliphatic rings. The van der Waals surface area contributed by atoms with Crippen LogP contribution in [-0.4, -0.2) is 0 Å². The first kappa shape index (κ1) is 12.3. The average molecular weight is 343 g/mol. The second-order valence-electron chi connectivity index (χ2n) is 3.52. The van der Waals surface area contributed by atoms with E-state index in [0.717, 1.165) is 9.13 Å². The summed E-state index contributed by atoms with van der Waals surface area (Å²) in [5, 5.41) is 0. The Morgan fingerprint density at radius 2 is 1.82 bits per heavy atom. The molecule has 0 amide bonds. The summed E-state index contributed by atoms with van der Waals surface area (Å²) < 4.78 is 20.2. The van der Waals surface area contributed by atoms with E-state index in [1.165, 1.54) is 6.07 Å². The van der Waals surface area contributed by atoms with Crippen LogP contribution in [0.2, 0.25) is 0 Å². The van der Waals surface area contributed by atoms with E-state index in [9.17, 15) is 4.39 Å². The molecule has 0 aliphatic heterocycles. The monoisotopic (exact) mass is 343 g/mol. The summed E-state index contributed by atoms with van der Waals surface area (Å²) in [6, 6.07) is 12.2. The number of halogens is 2. The predicted molar refractivity (Wildman–Crippen MR) is 73.5 cm³/mol. The lowest BCUT2D eigenvalue weighted by molar-refractivity contribution is 0.441. The van der Waals surface area contributed by atoms with E-state index in [4.69, 9.17) is 10.5 Å². The van der Waals surface area contributed by atoms with Crippen LogP contribution in [-0.2, 0) is 6.54 Å². The summed E-state index contributed by atoms with van der Waals surface area (Å²) in [6.07, 6.45) is 0. The summed E-state index contributed by atoms with van der Waals surface area (Å²) in [5.41, 5.74) is 6.18. The largest absolute Gasteiger partial charge is 0.454 e. The molecule has 0 saturated heterocycles. The molecule has 17 heavy (non-hydrogen) atoms. The van der Waals surface area contributed by atoms with Crippen molar-refractivity contribution in [2.75, 3.05) is 0 Å². The van der Waals surface area contributed by atoms with Gasteiger partial charge >= 0.3 is 0 Å². The van der Waals surface area contributed by atoms with Crippen LogP contribution in [0.5, 0.6) is 11.5 Å².